The van der Waals surface area contributed by atoms with Crippen LogP contribution in [0.2, 0.25) is 0 Å². The predicted molar refractivity (Wildman–Crippen MR) is 70.3 cm³/mol. The van der Waals surface area contributed by atoms with Crippen LogP contribution >= 0.6 is 0 Å². The highest BCUT2D eigenvalue weighted by Gasteiger charge is 2.28. The third-order valence-electron chi connectivity index (χ3n) is 2.33. The van der Waals surface area contributed by atoms with Gasteiger partial charge in [0.2, 0.25) is 0 Å². The van der Waals surface area contributed by atoms with Crippen LogP contribution in [0.3, 0.4) is 0 Å². The van der Waals surface area contributed by atoms with Gasteiger partial charge in [0.1, 0.15) is 0 Å². The largest absolute Gasteiger partial charge is 0.456 e. The Kier molecular flexibility index (Phi) is 4.48. The van der Waals surface area contributed by atoms with Gasteiger partial charge in [-0.1, -0.05) is 18.2 Å². The standard InChI is InChI=1S/C14H19NO3/c1-11(16)18-10-13(17)15(14(2,3)4)12-8-6-5-7-9-12/h5-9H,10H2,1-4H3. The Morgan fingerprint density at radius 1 is 1.17 bits per heavy atom. The highest BCUT2D eigenvalue weighted by molar-refractivity contribution is 5.96. The number of rotatable bonds is 3. The first kappa shape index (κ1) is 14.2. The van der Waals surface area contributed by atoms with Crippen molar-refractivity contribution < 1.29 is 14.3 Å². The van der Waals surface area contributed by atoms with Crippen LogP contribution in [0.1, 0.15) is 27.7 Å². The Labute approximate surface area is 108 Å². The van der Waals surface area contributed by atoms with Gasteiger partial charge in [0.15, 0.2) is 6.61 Å². The van der Waals surface area contributed by atoms with E-state index in [1.165, 1.54) is 6.92 Å². The van der Waals surface area contributed by atoms with Crippen molar-refractivity contribution in [2.45, 2.75) is 33.2 Å². The van der Waals surface area contributed by atoms with Crippen molar-refractivity contribution in [1.29, 1.82) is 0 Å². The average molecular weight is 249 g/mol. The van der Waals surface area contributed by atoms with Gasteiger partial charge < -0.3 is 9.64 Å². The number of hydrogen-bond acceptors (Lipinski definition) is 3. The normalized spacial score (nSPS) is 10.9. The van der Waals surface area contributed by atoms with E-state index in [0.29, 0.717) is 0 Å². The third kappa shape index (κ3) is 3.87. The molecule has 0 aliphatic carbocycles. The molecule has 1 aromatic rings. The Hall–Kier alpha value is -1.84. The van der Waals surface area contributed by atoms with Crippen molar-refractivity contribution in [3.05, 3.63) is 30.3 Å². The SMILES string of the molecule is CC(=O)OCC(=O)N(c1ccccc1)C(C)(C)C. The fourth-order valence-corrected chi connectivity index (χ4v) is 1.71. The van der Waals surface area contributed by atoms with Gasteiger partial charge in [-0.25, -0.2) is 0 Å². The van der Waals surface area contributed by atoms with E-state index in [2.05, 4.69) is 0 Å². The second-order valence-corrected chi connectivity index (χ2v) is 5.02. The molecule has 0 fully saturated rings. The maximum Gasteiger partial charge on any atom is 0.303 e. The van der Waals surface area contributed by atoms with Crippen LogP contribution in [0.5, 0.6) is 0 Å². The first-order chi connectivity index (χ1) is 8.32. The maximum absolute atomic E-state index is 12.1. The van der Waals surface area contributed by atoms with E-state index in [9.17, 15) is 9.59 Å². The van der Waals surface area contributed by atoms with E-state index >= 15 is 0 Å². The molecule has 0 N–H and O–H groups in total. The van der Waals surface area contributed by atoms with E-state index in [1.54, 1.807) is 4.90 Å². The molecule has 0 saturated heterocycles. The molecule has 0 aromatic heterocycles. The molecule has 0 radical (unpaired) electrons. The quantitative estimate of drug-likeness (QED) is 0.773. The topological polar surface area (TPSA) is 46.6 Å². The number of nitrogens with zero attached hydrogens (tertiary/aromatic N) is 1. The minimum atomic E-state index is -0.453. The number of carbonyl (C=O) groups is 2. The molecule has 0 atom stereocenters. The molecule has 4 heteroatoms. The summed E-state index contributed by atoms with van der Waals surface area (Å²) in [7, 11) is 0. The lowest BCUT2D eigenvalue weighted by atomic mass is 10.0. The number of para-hydroxylation sites is 1. The van der Waals surface area contributed by atoms with Gasteiger partial charge >= 0.3 is 5.97 Å². The van der Waals surface area contributed by atoms with Gasteiger partial charge in [0, 0.05) is 18.2 Å². The summed E-state index contributed by atoms with van der Waals surface area (Å²) >= 11 is 0. The van der Waals surface area contributed by atoms with E-state index in [4.69, 9.17) is 4.74 Å². The Morgan fingerprint density at radius 2 is 1.72 bits per heavy atom. The van der Waals surface area contributed by atoms with Crippen LogP contribution in [0.25, 0.3) is 0 Å². The highest BCUT2D eigenvalue weighted by Crippen LogP contribution is 2.23. The zero-order valence-corrected chi connectivity index (χ0v) is 11.3. The van der Waals surface area contributed by atoms with Gasteiger partial charge in [-0.05, 0) is 32.9 Å². The summed E-state index contributed by atoms with van der Waals surface area (Å²) in [5.74, 6) is -0.686. The number of benzene rings is 1. The first-order valence-electron chi connectivity index (χ1n) is 5.84. The van der Waals surface area contributed by atoms with Gasteiger partial charge in [0.25, 0.3) is 5.91 Å². The van der Waals surface area contributed by atoms with Gasteiger partial charge in [0.05, 0.1) is 0 Å². The predicted octanol–water partition coefficient (Wildman–Crippen LogP) is 2.38. The van der Waals surface area contributed by atoms with E-state index < -0.39 is 5.97 Å². The molecule has 1 aromatic carbocycles. The second kappa shape index (κ2) is 5.67. The Morgan fingerprint density at radius 3 is 2.17 bits per heavy atom. The first-order valence-corrected chi connectivity index (χ1v) is 5.84. The summed E-state index contributed by atoms with van der Waals surface area (Å²) < 4.78 is 4.77. The minimum absolute atomic E-state index is 0.232. The molecule has 4 nitrogen and oxygen atoms in total. The number of carbonyl (C=O) groups excluding carboxylic acids is 2. The summed E-state index contributed by atoms with van der Waals surface area (Å²) in [6, 6.07) is 9.34. The molecule has 18 heavy (non-hydrogen) atoms. The van der Waals surface area contributed by atoms with Crippen molar-refractivity contribution in [3.8, 4) is 0 Å². The lowest BCUT2D eigenvalue weighted by Crippen LogP contribution is -2.47. The van der Waals surface area contributed by atoms with Crippen molar-refractivity contribution in [3.63, 3.8) is 0 Å². The fraction of sp³-hybridized carbons (Fsp3) is 0.429. The zero-order chi connectivity index (χ0) is 13.8. The van der Waals surface area contributed by atoms with Crippen molar-refractivity contribution >= 4 is 17.6 Å². The summed E-state index contributed by atoms with van der Waals surface area (Å²) in [5, 5.41) is 0. The number of anilines is 1. The van der Waals surface area contributed by atoms with Gasteiger partial charge in [-0.15, -0.1) is 0 Å². The Balaban J connectivity index is 2.93. The summed E-state index contributed by atoms with van der Waals surface area (Å²) in [6.45, 7) is 6.86. The zero-order valence-electron chi connectivity index (χ0n) is 11.3. The smallest absolute Gasteiger partial charge is 0.303 e. The molecule has 0 aliphatic rings. The molecule has 1 amide bonds. The Bertz CT molecular complexity index is 420. The fourth-order valence-electron chi connectivity index (χ4n) is 1.71. The third-order valence-corrected chi connectivity index (χ3v) is 2.33. The summed E-state index contributed by atoms with van der Waals surface area (Å²) in [6.07, 6.45) is 0. The number of esters is 1. The molecular formula is C14H19NO3. The summed E-state index contributed by atoms with van der Waals surface area (Å²) in [5.41, 5.74) is 0.417. The van der Waals surface area contributed by atoms with Crippen LogP contribution in [-0.2, 0) is 14.3 Å². The van der Waals surface area contributed by atoms with Crippen molar-refractivity contribution in [2.24, 2.45) is 0 Å². The molecule has 0 spiro atoms. The molecule has 0 saturated carbocycles. The highest BCUT2D eigenvalue weighted by atomic mass is 16.5. The molecule has 0 unspecified atom stereocenters. The molecule has 98 valence electrons. The average Bonchev–Trinajstić information content (AvgIpc) is 2.26. The van der Waals surface area contributed by atoms with Crippen LogP contribution in [0.4, 0.5) is 5.69 Å². The van der Waals surface area contributed by atoms with Crippen LogP contribution in [-0.4, -0.2) is 24.0 Å². The van der Waals surface area contributed by atoms with E-state index in [1.807, 2.05) is 51.1 Å². The molecule has 0 bridgehead atoms. The minimum Gasteiger partial charge on any atom is -0.456 e. The molecular weight excluding hydrogens is 230 g/mol. The van der Waals surface area contributed by atoms with Crippen molar-refractivity contribution in [1.82, 2.24) is 0 Å². The maximum atomic E-state index is 12.1. The van der Waals surface area contributed by atoms with Gasteiger partial charge in [-0.2, -0.15) is 0 Å². The molecule has 0 heterocycles. The van der Waals surface area contributed by atoms with Gasteiger partial charge in [-0.3, -0.25) is 9.59 Å². The number of amides is 1. The van der Waals surface area contributed by atoms with E-state index in [-0.39, 0.29) is 18.1 Å². The lowest BCUT2D eigenvalue weighted by molar-refractivity contribution is -0.145. The van der Waals surface area contributed by atoms with Crippen molar-refractivity contribution in [2.75, 3.05) is 11.5 Å². The summed E-state index contributed by atoms with van der Waals surface area (Å²) in [4.78, 5) is 24.5. The monoisotopic (exact) mass is 249 g/mol. The molecule has 1 rings (SSSR count). The number of hydrogen-bond donors (Lipinski definition) is 0. The van der Waals surface area contributed by atoms with E-state index in [0.717, 1.165) is 5.69 Å². The van der Waals surface area contributed by atoms with Crippen LogP contribution < -0.4 is 4.90 Å². The number of ether oxygens (including phenoxy) is 1. The molecule has 0 aliphatic heterocycles. The lowest BCUT2D eigenvalue weighted by Gasteiger charge is -2.35. The van der Waals surface area contributed by atoms with Crippen LogP contribution in [0.15, 0.2) is 30.3 Å². The van der Waals surface area contributed by atoms with Crippen LogP contribution in [0, 0.1) is 0 Å². The second-order valence-electron chi connectivity index (χ2n) is 5.02.